The topological polar surface area (TPSA) is 88.4 Å². The summed E-state index contributed by atoms with van der Waals surface area (Å²) in [7, 11) is 1.41. The van der Waals surface area contributed by atoms with E-state index < -0.39 is 30.6 Å². The number of hydrogen-bond acceptors (Lipinski definition) is 7. The average molecular weight is 400 g/mol. The van der Waals surface area contributed by atoms with E-state index in [1.807, 2.05) is 26.0 Å². The fourth-order valence-electron chi connectivity index (χ4n) is 3.39. The third-order valence-electron chi connectivity index (χ3n) is 5.02. The smallest absolute Gasteiger partial charge is 0.338 e. The molecule has 0 spiro atoms. The van der Waals surface area contributed by atoms with Gasteiger partial charge in [-0.3, -0.25) is 4.57 Å². The van der Waals surface area contributed by atoms with Crippen molar-refractivity contribution in [2.75, 3.05) is 13.7 Å². The van der Waals surface area contributed by atoms with Crippen molar-refractivity contribution < 1.29 is 23.4 Å². The highest BCUT2D eigenvalue weighted by atomic mass is 19.1. The van der Waals surface area contributed by atoms with Crippen LogP contribution in [0.25, 0.3) is 11.2 Å². The van der Waals surface area contributed by atoms with Gasteiger partial charge in [0.1, 0.15) is 30.7 Å². The standard InChI is InChI=1S/C20H21FN4O4/c1-11-4-6-13(7-5-11)20(26)28-8-14-15(21)17(27-3)19(29-14)25-10-24-16-12(2)22-9-23-18(16)25/h4-7,9-10,14-15,17,19H,8H2,1-3H3/t14-,15-,17-,19-/m1/s1. The van der Waals surface area contributed by atoms with Crippen molar-refractivity contribution in [3.63, 3.8) is 0 Å². The number of benzene rings is 1. The van der Waals surface area contributed by atoms with Crippen LogP contribution in [0.2, 0.25) is 0 Å². The maximum atomic E-state index is 15.0. The average Bonchev–Trinajstić information content (AvgIpc) is 3.28. The zero-order valence-corrected chi connectivity index (χ0v) is 16.3. The second-order valence-electron chi connectivity index (χ2n) is 6.96. The molecule has 3 heterocycles. The third-order valence-corrected chi connectivity index (χ3v) is 5.02. The van der Waals surface area contributed by atoms with Crippen LogP contribution in [0.4, 0.5) is 4.39 Å². The fraction of sp³-hybridized carbons (Fsp3) is 0.400. The van der Waals surface area contributed by atoms with Gasteiger partial charge in [0.2, 0.25) is 0 Å². The van der Waals surface area contributed by atoms with E-state index in [1.165, 1.54) is 19.8 Å². The lowest BCUT2D eigenvalue weighted by Gasteiger charge is -2.19. The molecule has 0 radical (unpaired) electrons. The van der Waals surface area contributed by atoms with Crippen molar-refractivity contribution in [3.8, 4) is 0 Å². The Bertz CT molecular complexity index is 1020. The van der Waals surface area contributed by atoms with E-state index in [0.29, 0.717) is 22.4 Å². The highest BCUT2D eigenvalue weighted by Gasteiger charge is 2.47. The van der Waals surface area contributed by atoms with Crippen molar-refractivity contribution in [2.45, 2.75) is 38.5 Å². The van der Waals surface area contributed by atoms with Crippen LogP contribution in [0.15, 0.2) is 36.9 Å². The minimum atomic E-state index is -1.49. The molecule has 0 bridgehead atoms. The molecule has 0 N–H and O–H groups in total. The summed E-state index contributed by atoms with van der Waals surface area (Å²) >= 11 is 0. The molecular formula is C20H21FN4O4. The van der Waals surface area contributed by atoms with E-state index in [1.54, 1.807) is 16.7 Å². The summed E-state index contributed by atoms with van der Waals surface area (Å²) in [6.07, 6.45) is -1.21. The van der Waals surface area contributed by atoms with Crippen molar-refractivity contribution >= 4 is 17.1 Å². The first-order valence-electron chi connectivity index (χ1n) is 9.20. The first kappa shape index (κ1) is 19.4. The second-order valence-corrected chi connectivity index (χ2v) is 6.96. The quantitative estimate of drug-likeness (QED) is 0.608. The molecular weight excluding hydrogens is 379 g/mol. The monoisotopic (exact) mass is 400 g/mol. The van der Waals surface area contributed by atoms with Gasteiger partial charge in [0.05, 0.1) is 17.6 Å². The van der Waals surface area contributed by atoms with E-state index >= 15 is 0 Å². The summed E-state index contributed by atoms with van der Waals surface area (Å²) in [6, 6.07) is 6.96. The van der Waals surface area contributed by atoms with Crippen molar-refractivity contribution in [3.05, 3.63) is 53.7 Å². The van der Waals surface area contributed by atoms with Gasteiger partial charge in [0.25, 0.3) is 0 Å². The van der Waals surface area contributed by atoms with Gasteiger partial charge < -0.3 is 14.2 Å². The van der Waals surface area contributed by atoms with Crippen molar-refractivity contribution in [1.29, 1.82) is 0 Å². The van der Waals surface area contributed by atoms with Crippen molar-refractivity contribution in [2.24, 2.45) is 0 Å². The zero-order valence-electron chi connectivity index (χ0n) is 16.3. The van der Waals surface area contributed by atoms with Gasteiger partial charge in [0, 0.05) is 7.11 Å². The number of methoxy groups -OCH3 is 1. The first-order chi connectivity index (χ1) is 14.0. The van der Waals surface area contributed by atoms with Crippen molar-refractivity contribution in [1.82, 2.24) is 19.5 Å². The molecule has 2 aromatic heterocycles. The van der Waals surface area contributed by atoms with E-state index in [2.05, 4.69) is 15.0 Å². The van der Waals surface area contributed by atoms with Crippen LogP contribution in [0.1, 0.15) is 27.8 Å². The molecule has 3 aromatic rings. The van der Waals surface area contributed by atoms with Crippen LogP contribution in [0, 0.1) is 13.8 Å². The number of nitrogens with zero attached hydrogens (tertiary/aromatic N) is 4. The number of esters is 1. The molecule has 152 valence electrons. The number of ether oxygens (including phenoxy) is 3. The van der Waals surface area contributed by atoms with Crippen LogP contribution < -0.4 is 0 Å². The third kappa shape index (κ3) is 3.58. The summed E-state index contributed by atoms with van der Waals surface area (Å²) in [5.41, 5.74) is 3.27. The predicted octanol–water partition coefficient (Wildman–Crippen LogP) is 2.55. The molecule has 1 aliphatic rings. The number of aromatic nitrogens is 4. The molecule has 0 amide bonds. The van der Waals surface area contributed by atoms with Crippen LogP contribution in [0.3, 0.4) is 0 Å². The Hall–Kier alpha value is -2.91. The maximum Gasteiger partial charge on any atom is 0.338 e. The summed E-state index contributed by atoms with van der Waals surface area (Å²) in [6.45, 7) is 3.51. The molecule has 8 nitrogen and oxygen atoms in total. The molecule has 0 saturated carbocycles. The molecule has 1 aliphatic heterocycles. The van der Waals surface area contributed by atoms with Crippen LogP contribution >= 0.6 is 0 Å². The van der Waals surface area contributed by atoms with E-state index in [4.69, 9.17) is 14.2 Å². The molecule has 1 fully saturated rings. The molecule has 0 aliphatic carbocycles. The summed E-state index contributed by atoms with van der Waals surface area (Å²) in [5, 5.41) is 0. The van der Waals surface area contributed by atoms with E-state index in [0.717, 1.165) is 5.56 Å². The number of rotatable bonds is 5. The largest absolute Gasteiger partial charge is 0.459 e. The lowest BCUT2D eigenvalue weighted by atomic mass is 10.1. The molecule has 29 heavy (non-hydrogen) atoms. The molecule has 4 rings (SSSR count). The Kier molecular flexibility index (Phi) is 5.25. The Morgan fingerprint density at radius 1 is 1.21 bits per heavy atom. The number of halogens is 1. The fourth-order valence-corrected chi connectivity index (χ4v) is 3.39. The number of aryl methyl sites for hydroxylation is 2. The summed E-state index contributed by atoms with van der Waals surface area (Å²) in [5.74, 6) is -0.533. The Balaban J connectivity index is 1.50. The normalized spacial score (nSPS) is 24.1. The Morgan fingerprint density at radius 3 is 2.69 bits per heavy atom. The molecule has 4 atom stereocenters. The zero-order chi connectivity index (χ0) is 20.5. The van der Waals surface area contributed by atoms with Crippen LogP contribution in [-0.2, 0) is 14.2 Å². The SMILES string of the molecule is CO[C@@H]1[C@H](F)[C@@H](COC(=O)c2ccc(C)cc2)O[C@H]1n1cnc2c(C)ncnc21. The van der Waals surface area contributed by atoms with Gasteiger partial charge in [-0.2, -0.15) is 0 Å². The molecule has 9 heteroatoms. The molecule has 1 saturated heterocycles. The van der Waals surface area contributed by atoms with Gasteiger partial charge in [-0.05, 0) is 26.0 Å². The van der Waals surface area contributed by atoms with Crippen LogP contribution in [-0.4, -0.2) is 57.6 Å². The van der Waals surface area contributed by atoms with Crippen LogP contribution in [0.5, 0.6) is 0 Å². The summed E-state index contributed by atoms with van der Waals surface area (Å²) < 4.78 is 33.1. The number of fused-ring (bicyclic) bond motifs is 1. The van der Waals surface area contributed by atoms with E-state index in [-0.39, 0.29) is 6.61 Å². The molecule has 1 aromatic carbocycles. The minimum absolute atomic E-state index is 0.231. The second kappa shape index (κ2) is 7.84. The highest BCUT2D eigenvalue weighted by molar-refractivity contribution is 5.89. The predicted molar refractivity (Wildman–Crippen MR) is 101 cm³/mol. The first-order valence-corrected chi connectivity index (χ1v) is 9.20. The van der Waals surface area contributed by atoms with Gasteiger partial charge in [-0.15, -0.1) is 0 Å². The Morgan fingerprint density at radius 2 is 1.97 bits per heavy atom. The highest BCUT2D eigenvalue weighted by Crippen LogP contribution is 2.35. The number of imidazole rings is 1. The lowest BCUT2D eigenvalue weighted by molar-refractivity contribution is -0.0616. The van der Waals surface area contributed by atoms with Gasteiger partial charge >= 0.3 is 5.97 Å². The number of hydrogen-bond donors (Lipinski definition) is 0. The minimum Gasteiger partial charge on any atom is -0.459 e. The Labute approximate surface area is 166 Å². The maximum absolute atomic E-state index is 15.0. The van der Waals surface area contributed by atoms with Gasteiger partial charge in [-0.1, -0.05) is 17.7 Å². The lowest BCUT2D eigenvalue weighted by Crippen LogP contribution is -2.32. The van der Waals surface area contributed by atoms with Gasteiger partial charge in [-0.25, -0.2) is 24.1 Å². The van der Waals surface area contributed by atoms with E-state index in [9.17, 15) is 9.18 Å². The van der Waals surface area contributed by atoms with Gasteiger partial charge in [0.15, 0.2) is 18.0 Å². The number of carbonyl (C=O) groups is 1. The number of carbonyl (C=O) groups excluding carboxylic acids is 1. The molecule has 0 unspecified atom stereocenters. The number of alkyl halides is 1. The summed E-state index contributed by atoms with van der Waals surface area (Å²) in [4.78, 5) is 24.9.